The Bertz CT molecular complexity index is 1740. The molecule has 0 aromatic carbocycles. The number of esters is 3. The van der Waals surface area contributed by atoms with Crippen LogP contribution in [0.25, 0.3) is 0 Å². The van der Waals surface area contributed by atoms with Crippen LogP contribution in [-0.2, 0) is 42.9 Å². The molecule has 0 saturated carbocycles. The van der Waals surface area contributed by atoms with Gasteiger partial charge in [-0.25, -0.2) is 4.79 Å². The number of aliphatic hydroxyl groups excluding tert-OH is 2. The highest BCUT2D eigenvalue weighted by Crippen LogP contribution is 2.26. The highest BCUT2D eigenvalue weighted by molar-refractivity contribution is 5.74. The van der Waals surface area contributed by atoms with Crippen molar-refractivity contribution < 1.29 is 58.2 Å². The van der Waals surface area contributed by atoms with Gasteiger partial charge in [0, 0.05) is 19.3 Å². The average Bonchev–Trinajstić information content (AvgIpc) is 3.46. The molecule has 79 heavy (non-hydrogen) atoms. The van der Waals surface area contributed by atoms with E-state index in [0.29, 0.717) is 19.3 Å². The number of allylic oxidation sites excluding steroid dienone is 16. The molecular weight excluding hydrogens is 997 g/mol. The number of carbonyl (C=O) groups is 4. The molecule has 12 heteroatoms. The molecule has 1 aliphatic rings. The summed E-state index contributed by atoms with van der Waals surface area (Å²) in [6.07, 6.45) is 59.5. The molecule has 12 nitrogen and oxygen atoms in total. The maximum absolute atomic E-state index is 13.2. The van der Waals surface area contributed by atoms with E-state index in [-0.39, 0.29) is 25.9 Å². The fourth-order valence-corrected chi connectivity index (χ4v) is 8.89. The Morgan fingerprint density at radius 1 is 0.430 bits per heavy atom. The number of unbranched alkanes of at least 4 members (excludes halogenated alkanes) is 22. The predicted octanol–water partition coefficient (Wildman–Crippen LogP) is 16.5. The molecule has 0 aromatic rings. The van der Waals surface area contributed by atoms with Gasteiger partial charge in [-0.15, -0.1) is 0 Å². The van der Waals surface area contributed by atoms with Gasteiger partial charge in [0.15, 0.2) is 24.6 Å². The smallest absolute Gasteiger partial charge is 0.335 e. The van der Waals surface area contributed by atoms with Gasteiger partial charge in [-0.3, -0.25) is 14.4 Å². The minimum atomic E-state index is -1.92. The molecule has 0 aliphatic carbocycles. The minimum Gasteiger partial charge on any atom is -0.479 e. The topological polar surface area (TPSA) is 175 Å². The van der Waals surface area contributed by atoms with Crippen LogP contribution in [0.4, 0.5) is 0 Å². The summed E-state index contributed by atoms with van der Waals surface area (Å²) in [5.74, 6) is -3.25. The SMILES string of the molecule is CC/C=C\C/C=C\C/C=C\C/C=C\C/C=C\C/C=C\CCC(=O)OCC(COC1OC(C(=O)O)C(O)C(O)C1OC(=O)CCCCCCCCCCCCCCCCC)OC(=O)CCCCCCC/C=C\C/C=C\CCCCC. The summed E-state index contributed by atoms with van der Waals surface area (Å²) in [5, 5.41) is 31.5. The molecule has 1 saturated heterocycles. The van der Waals surface area contributed by atoms with Gasteiger partial charge in [0.1, 0.15) is 18.8 Å². The molecule has 0 aromatic heterocycles. The maximum Gasteiger partial charge on any atom is 0.335 e. The Hall–Kier alpha value is -4.36. The molecule has 0 amide bonds. The maximum atomic E-state index is 13.2. The second kappa shape index (κ2) is 54.2. The van der Waals surface area contributed by atoms with E-state index in [1.54, 1.807) is 0 Å². The van der Waals surface area contributed by atoms with Gasteiger partial charge in [0.25, 0.3) is 0 Å². The second-order valence-corrected chi connectivity index (χ2v) is 21.0. The Kier molecular flexibility index (Phi) is 49.9. The van der Waals surface area contributed by atoms with E-state index in [9.17, 15) is 34.5 Å². The Morgan fingerprint density at radius 2 is 0.823 bits per heavy atom. The monoisotopic (exact) mass is 1110 g/mol. The van der Waals surface area contributed by atoms with E-state index in [2.05, 4.69) is 106 Å². The second-order valence-electron chi connectivity index (χ2n) is 21.0. The highest BCUT2D eigenvalue weighted by Gasteiger charge is 2.50. The van der Waals surface area contributed by atoms with Gasteiger partial charge < -0.3 is 39.0 Å². The largest absolute Gasteiger partial charge is 0.479 e. The van der Waals surface area contributed by atoms with E-state index in [4.69, 9.17) is 23.7 Å². The Balaban J connectivity index is 2.73. The summed E-state index contributed by atoms with van der Waals surface area (Å²) in [5.41, 5.74) is 0. The lowest BCUT2D eigenvalue weighted by atomic mass is 9.98. The van der Waals surface area contributed by atoms with Gasteiger partial charge in [-0.2, -0.15) is 0 Å². The van der Waals surface area contributed by atoms with Gasteiger partial charge in [-0.05, 0) is 89.9 Å². The lowest BCUT2D eigenvalue weighted by molar-refractivity contribution is -0.301. The Labute approximate surface area is 479 Å². The summed E-state index contributed by atoms with van der Waals surface area (Å²) in [6, 6.07) is 0. The van der Waals surface area contributed by atoms with Crippen molar-refractivity contribution >= 4 is 23.9 Å². The zero-order chi connectivity index (χ0) is 57.5. The fraction of sp³-hybridized carbons (Fsp3) is 0.701. The standard InChI is InChI=1S/C67H110O12/c1-4-7-10-13-16-19-22-25-28-29-30-31-34-35-38-41-44-47-50-53-59(68)75-56-58(77-60(69)54-51-48-45-42-39-36-32-26-23-20-17-14-11-8-5-2)57-76-67-65(63(72)62(71)64(79-67)66(73)74)78-61(70)55-52-49-46-43-40-37-33-27-24-21-18-15-12-9-6-3/h7,10,16-17,19-20,25-26,28,30-32,35,38,44,47,58,62-65,67,71-72H,4-6,8-9,11-15,18,21-24,27,29,33-34,36-37,39-43,45-46,48-57H2,1-3H3,(H,73,74)/b10-7-,19-16-,20-17-,28-25-,31-30-,32-26-,38-35-,47-44-. The van der Waals surface area contributed by atoms with Crippen LogP contribution < -0.4 is 0 Å². The van der Waals surface area contributed by atoms with Crippen LogP contribution in [0.5, 0.6) is 0 Å². The summed E-state index contributed by atoms with van der Waals surface area (Å²) >= 11 is 0. The van der Waals surface area contributed by atoms with Crippen molar-refractivity contribution in [3.63, 3.8) is 0 Å². The first-order valence-corrected chi connectivity index (χ1v) is 31.2. The summed E-state index contributed by atoms with van der Waals surface area (Å²) in [6.45, 7) is 5.79. The molecule has 1 heterocycles. The van der Waals surface area contributed by atoms with Crippen molar-refractivity contribution in [2.75, 3.05) is 13.2 Å². The number of aliphatic carboxylic acids is 1. The van der Waals surface area contributed by atoms with E-state index in [1.165, 1.54) is 83.5 Å². The van der Waals surface area contributed by atoms with Crippen LogP contribution in [-0.4, -0.2) is 89.2 Å². The molecular formula is C67H110O12. The quantitative estimate of drug-likeness (QED) is 0.0228. The fourth-order valence-electron chi connectivity index (χ4n) is 8.89. The zero-order valence-electron chi connectivity index (χ0n) is 49.6. The molecule has 3 N–H and O–H groups in total. The zero-order valence-corrected chi connectivity index (χ0v) is 49.6. The number of hydrogen-bond acceptors (Lipinski definition) is 11. The molecule has 0 spiro atoms. The summed E-state index contributed by atoms with van der Waals surface area (Å²) in [4.78, 5) is 51.2. The van der Waals surface area contributed by atoms with Crippen molar-refractivity contribution in [2.24, 2.45) is 0 Å². The number of aliphatic hydroxyl groups is 2. The van der Waals surface area contributed by atoms with Crippen LogP contribution in [0, 0.1) is 0 Å². The summed E-state index contributed by atoms with van der Waals surface area (Å²) in [7, 11) is 0. The highest BCUT2D eigenvalue weighted by atomic mass is 16.7. The molecule has 0 radical (unpaired) electrons. The van der Waals surface area contributed by atoms with E-state index in [1.807, 2.05) is 12.2 Å². The molecule has 0 bridgehead atoms. The number of rotatable bonds is 52. The number of carboxylic acid groups (broad SMARTS) is 1. The third kappa shape index (κ3) is 44.0. The lowest BCUT2D eigenvalue weighted by Crippen LogP contribution is -2.61. The van der Waals surface area contributed by atoms with Crippen molar-refractivity contribution in [3.05, 3.63) is 97.2 Å². The van der Waals surface area contributed by atoms with Gasteiger partial charge in [-0.1, -0.05) is 240 Å². The first-order valence-electron chi connectivity index (χ1n) is 31.2. The third-order valence-electron chi connectivity index (χ3n) is 13.7. The van der Waals surface area contributed by atoms with Crippen molar-refractivity contribution in [3.8, 4) is 0 Å². The third-order valence-corrected chi connectivity index (χ3v) is 13.7. The first kappa shape index (κ1) is 72.7. The Morgan fingerprint density at radius 3 is 1.29 bits per heavy atom. The number of hydrogen-bond donors (Lipinski definition) is 3. The predicted molar refractivity (Wildman–Crippen MR) is 321 cm³/mol. The number of carbonyl (C=O) groups excluding carboxylic acids is 3. The molecule has 450 valence electrons. The molecule has 1 fully saturated rings. The van der Waals surface area contributed by atoms with Gasteiger partial charge >= 0.3 is 23.9 Å². The van der Waals surface area contributed by atoms with Gasteiger partial charge in [0.2, 0.25) is 0 Å². The van der Waals surface area contributed by atoms with Crippen LogP contribution in [0.1, 0.15) is 252 Å². The normalized spacial score (nSPS) is 18.5. The minimum absolute atomic E-state index is 0.0512. The molecule has 6 unspecified atom stereocenters. The number of ether oxygens (including phenoxy) is 5. The average molecular weight is 1110 g/mol. The molecule has 1 rings (SSSR count). The van der Waals surface area contributed by atoms with E-state index >= 15 is 0 Å². The van der Waals surface area contributed by atoms with Crippen LogP contribution in [0.3, 0.4) is 0 Å². The summed E-state index contributed by atoms with van der Waals surface area (Å²) < 4.78 is 28.4. The van der Waals surface area contributed by atoms with Gasteiger partial charge in [0.05, 0.1) is 6.61 Å². The molecule has 1 aliphatic heterocycles. The van der Waals surface area contributed by atoms with E-state index < -0.39 is 67.3 Å². The van der Waals surface area contributed by atoms with Crippen molar-refractivity contribution in [2.45, 2.75) is 289 Å². The van der Waals surface area contributed by atoms with Crippen molar-refractivity contribution in [1.82, 2.24) is 0 Å². The van der Waals surface area contributed by atoms with Crippen LogP contribution in [0.15, 0.2) is 97.2 Å². The van der Waals surface area contributed by atoms with E-state index in [0.717, 1.165) is 109 Å². The number of carboxylic acids is 1. The first-order chi connectivity index (χ1) is 38.6. The lowest BCUT2D eigenvalue weighted by Gasteiger charge is -2.40. The van der Waals surface area contributed by atoms with Crippen molar-refractivity contribution in [1.29, 1.82) is 0 Å². The molecule has 6 atom stereocenters. The van der Waals surface area contributed by atoms with Crippen LogP contribution >= 0.6 is 0 Å². The van der Waals surface area contributed by atoms with Crippen LogP contribution in [0.2, 0.25) is 0 Å².